The van der Waals surface area contributed by atoms with Crippen molar-refractivity contribution in [2.45, 2.75) is 66.0 Å². The lowest BCUT2D eigenvalue weighted by Crippen LogP contribution is -2.59. The molecular formula is C25H36N6O6. The molecule has 3 heterocycles. The Balaban J connectivity index is 2.02. The van der Waals surface area contributed by atoms with Crippen molar-refractivity contribution >= 4 is 23.8 Å². The number of nitrogens with zero attached hydrogens (tertiary/aromatic N) is 5. The van der Waals surface area contributed by atoms with Gasteiger partial charge in [0.25, 0.3) is 5.91 Å². The number of likely N-dealkylation sites (tertiary alicyclic amines) is 1. The highest BCUT2D eigenvalue weighted by molar-refractivity contribution is 5.98. The number of anilines is 1. The molecule has 0 spiro atoms. The van der Waals surface area contributed by atoms with Gasteiger partial charge in [-0.2, -0.15) is 0 Å². The smallest absolute Gasteiger partial charge is 0.407 e. The van der Waals surface area contributed by atoms with Gasteiger partial charge in [-0.25, -0.2) is 19.7 Å². The van der Waals surface area contributed by atoms with Crippen molar-refractivity contribution in [3.8, 4) is 0 Å². The van der Waals surface area contributed by atoms with Crippen molar-refractivity contribution in [1.82, 2.24) is 24.8 Å². The van der Waals surface area contributed by atoms with Crippen LogP contribution in [-0.4, -0.2) is 78.6 Å². The van der Waals surface area contributed by atoms with Crippen LogP contribution in [0.1, 0.15) is 70.0 Å². The molecule has 12 heteroatoms. The standard InChI is InChI=1S/C25H36N6O6/c1-15(2)12-31(16-9-25(6,22(33)34)14-30(13-16)23(35)36)20(32)17-10-28-21(24(3,4)5)29-19(17)27-11-18-26-7-8-37-18/h7-8,10,15-16H,9,11-14H2,1-6H3,(H,33,34)(H,35,36)(H,27,28,29)/t16-,25+/m0/s1. The minimum absolute atomic E-state index is 0.0106. The Hall–Kier alpha value is -3.70. The molecule has 2 aromatic rings. The Morgan fingerprint density at radius 3 is 2.51 bits per heavy atom. The second kappa shape index (κ2) is 10.7. The van der Waals surface area contributed by atoms with Crippen LogP contribution in [0.2, 0.25) is 0 Å². The normalized spacial score (nSPS) is 20.1. The summed E-state index contributed by atoms with van der Waals surface area (Å²) in [5.41, 5.74) is -1.52. The van der Waals surface area contributed by atoms with Gasteiger partial charge in [0, 0.05) is 31.2 Å². The van der Waals surface area contributed by atoms with Gasteiger partial charge in [-0.05, 0) is 19.3 Å². The maximum atomic E-state index is 14.0. The summed E-state index contributed by atoms with van der Waals surface area (Å²) in [5, 5.41) is 22.7. The minimum Gasteiger partial charge on any atom is -0.481 e. The first-order chi connectivity index (χ1) is 17.2. The maximum Gasteiger partial charge on any atom is 0.407 e. The van der Waals surface area contributed by atoms with Gasteiger partial charge in [-0.15, -0.1) is 0 Å². The molecule has 202 valence electrons. The molecule has 1 fully saturated rings. The Morgan fingerprint density at radius 1 is 1.27 bits per heavy atom. The molecule has 1 aliphatic heterocycles. The average molecular weight is 517 g/mol. The minimum atomic E-state index is -1.34. The number of oxazole rings is 1. The summed E-state index contributed by atoms with van der Waals surface area (Å²) in [7, 11) is 0. The highest BCUT2D eigenvalue weighted by atomic mass is 16.4. The van der Waals surface area contributed by atoms with E-state index in [1.807, 2.05) is 34.6 Å². The fourth-order valence-corrected chi connectivity index (χ4v) is 4.38. The molecular weight excluding hydrogens is 480 g/mol. The molecule has 3 N–H and O–H groups in total. The van der Waals surface area contributed by atoms with E-state index in [0.29, 0.717) is 24.1 Å². The van der Waals surface area contributed by atoms with E-state index in [1.165, 1.54) is 25.6 Å². The van der Waals surface area contributed by atoms with Crippen molar-refractivity contribution in [3.63, 3.8) is 0 Å². The number of carboxylic acid groups (broad SMARTS) is 2. The zero-order chi connectivity index (χ0) is 27.5. The first-order valence-electron chi connectivity index (χ1n) is 12.2. The number of nitrogens with one attached hydrogen (secondary N) is 1. The summed E-state index contributed by atoms with van der Waals surface area (Å²) < 4.78 is 5.30. The average Bonchev–Trinajstić information content (AvgIpc) is 3.33. The number of piperidine rings is 1. The topological polar surface area (TPSA) is 162 Å². The molecule has 1 aliphatic rings. The van der Waals surface area contributed by atoms with Gasteiger partial charge in [0.1, 0.15) is 23.5 Å². The molecule has 1 saturated heterocycles. The van der Waals surface area contributed by atoms with Crippen molar-refractivity contribution < 1.29 is 29.0 Å². The number of aromatic nitrogens is 3. The first kappa shape index (κ1) is 27.9. The van der Waals surface area contributed by atoms with E-state index < -0.39 is 29.4 Å². The largest absolute Gasteiger partial charge is 0.481 e. The number of hydrogen-bond donors (Lipinski definition) is 3. The molecule has 0 bridgehead atoms. The molecule has 0 aromatic carbocycles. The Morgan fingerprint density at radius 2 is 1.97 bits per heavy atom. The van der Waals surface area contributed by atoms with Crippen LogP contribution in [0, 0.1) is 11.3 Å². The number of carbonyl (C=O) groups excluding carboxylic acids is 1. The van der Waals surface area contributed by atoms with Crippen LogP contribution in [-0.2, 0) is 16.8 Å². The van der Waals surface area contributed by atoms with Crippen molar-refractivity contribution in [3.05, 3.63) is 35.9 Å². The summed E-state index contributed by atoms with van der Waals surface area (Å²) in [5.74, 6) is -0.236. The summed E-state index contributed by atoms with van der Waals surface area (Å²) in [4.78, 5) is 53.8. The molecule has 0 saturated carbocycles. The Bertz CT molecular complexity index is 1130. The molecule has 0 aliphatic carbocycles. The highest BCUT2D eigenvalue weighted by Crippen LogP contribution is 2.34. The number of rotatable bonds is 8. The molecule has 2 amide bonds. The first-order valence-corrected chi connectivity index (χ1v) is 12.2. The second-order valence-electron chi connectivity index (χ2n) is 11.2. The van der Waals surface area contributed by atoms with E-state index in [2.05, 4.69) is 20.3 Å². The lowest BCUT2D eigenvalue weighted by molar-refractivity contribution is -0.152. The SMILES string of the molecule is CC(C)CN(C(=O)c1cnc(C(C)(C)C)nc1NCc1ncco1)[C@@H]1CN(C(=O)O)C[C@](C)(C(=O)O)C1. The van der Waals surface area contributed by atoms with Gasteiger partial charge in [-0.1, -0.05) is 34.6 Å². The summed E-state index contributed by atoms with van der Waals surface area (Å²) in [6, 6.07) is -0.650. The van der Waals surface area contributed by atoms with Crippen LogP contribution >= 0.6 is 0 Å². The van der Waals surface area contributed by atoms with Crippen LogP contribution in [0.25, 0.3) is 0 Å². The van der Waals surface area contributed by atoms with Crippen molar-refractivity contribution in [2.75, 3.05) is 25.0 Å². The third-order valence-electron chi connectivity index (χ3n) is 6.29. The number of amides is 2. The summed E-state index contributed by atoms with van der Waals surface area (Å²) >= 11 is 0. The Kier molecular flexibility index (Phi) is 8.09. The predicted octanol–water partition coefficient (Wildman–Crippen LogP) is 3.32. The molecule has 2 atom stereocenters. The molecule has 2 aromatic heterocycles. The number of carbonyl (C=O) groups is 3. The van der Waals surface area contributed by atoms with Gasteiger partial charge in [-0.3, -0.25) is 9.59 Å². The third kappa shape index (κ3) is 6.55. The third-order valence-corrected chi connectivity index (χ3v) is 6.29. The van der Waals surface area contributed by atoms with Crippen LogP contribution in [0.4, 0.5) is 10.6 Å². The quantitative estimate of drug-likeness (QED) is 0.474. The lowest BCUT2D eigenvalue weighted by Gasteiger charge is -2.45. The molecule has 0 radical (unpaired) electrons. The number of aliphatic carboxylic acids is 1. The molecule has 12 nitrogen and oxygen atoms in total. The van der Waals surface area contributed by atoms with Crippen molar-refractivity contribution in [1.29, 1.82) is 0 Å². The van der Waals surface area contributed by atoms with Crippen LogP contribution in [0.3, 0.4) is 0 Å². The maximum absolute atomic E-state index is 14.0. The second-order valence-corrected chi connectivity index (χ2v) is 11.2. The fourth-order valence-electron chi connectivity index (χ4n) is 4.38. The van der Waals surface area contributed by atoms with Crippen LogP contribution in [0.5, 0.6) is 0 Å². The van der Waals surface area contributed by atoms with Gasteiger partial charge in [0.15, 0.2) is 0 Å². The lowest BCUT2D eigenvalue weighted by atomic mass is 9.79. The summed E-state index contributed by atoms with van der Waals surface area (Å²) in [6.07, 6.45) is 3.33. The molecule has 37 heavy (non-hydrogen) atoms. The molecule has 3 rings (SSSR count). The van der Waals surface area contributed by atoms with Gasteiger partial charge >= 0.3 is 12.1 Å². The Labute approximate surface area is 216 Å². The number of hydrogen-bond acceptors (Lipinski definition) is 8. The van der Waals surface area contributed by atoms with E-state index in [1.54, 1.807) is 4.90 Å². The van der Waals surface area contributed by atoms with E-state index in [9.17, 15) is 24.6 Å². The molecule has 0 unspecified atom stereocenters. The fraction of sp³-hybridized carbons (Fsp3) is 0.600. The predicted molar refractivity (Wildman–Crippen MR) is 134 cm³/mol. The van der Waals surface area contributed by atoms with Gasteiger partial charge < -0.3 is 29.7 Å². The van der Waals surface area contributed by atoms with Gasteiger partial charge in [0.2, 0.25) is 5.89 Å². The van der Waals surface area contributed by atoms with E-state index in [0.717, 1.165) is 4.90 Å². The van der Waals surface area contributed by atoms with E-state index >= 15 is 0 Å². The summed E-state index contributed by atoms with van der Waals surface area (Å²) in [6.45, 7) is 11.6. The van der Waals surface area contributed by atoms with Crippen LogP contribution in [0.15, 0.2) is 23.1 Å². The highest BCUT2D eigenvalue weighted by Gasteiger charge is 2.46. The van der Waals surface area contributed by atoms with Gasteiger partial charge in [0.05, 0.1) is 24.2 Å². The zero-order valence-electron chi connectivity index (χ0n) is 22.2. The number of carboxylic acids is 1. The van der Waals surface area contributed by atoms with E-state index in [-0.39, 0.29) is 43.0 Å². The zero-order valence-corrected chi connectivity index (χ0v) is 22.2. The van der Waals surface area contributed by atoms with Crippen LogP contribution < -0.4 is 5.32 Å². The monoisotopic (exact) mass is 516 g/mol. The van der Waals surface area contributed by atoms with Crippen molar-refractivity contribution in [2.24, 2.45) is 11.3 Å². The van der Waals surface area contributed by atoms with E-state index in [4.69, 9.17) is 4.42 Å².